The van der Waals surface area contributed by atoms with Gasteiger partial charge in [0.1, 0.15) is 0 Å². The Kier molecular flexibility index (Phi) is 4.07. The quantitative estimate of drug-likeness (QED) is 0.740. The maximum Gasteiger partial charge on any atom is 0.282 e. The van der Waals surface area contributed by atoms with Crippen molar-refractivity contribution in [3.8, 4) is 0 Å². The van der Waals surface area contributed by atoms with Crippen molar-refractivity contribution < 1.29 is 13.2 Å². The summed E-state index contributed by atoms with van der Waals surface area (Å²) in [6, 6.07) is 0.234. The third-order valence-electron chi connectivity index (χ3n) is 3.68. The van der Waals surface area contributed by atoms with Gasteiger partial charge in [0.05, 0.1) is 13.2 Å². The van der Waals surface area contributed by atoms with Gasteiger partial charge in [0.25, 0.3) is 10.2 Å². The predicted octanol–water partition coefficient (Wildman–Crippen LogP) is 0.826. The summed E-state index contributed by atoms with van der Waals surface area (Å²) in [4.78, 5) is 0. The average molecular weight is 262 g/mol. The molecule has 0 amide bonds. The molecule has 2 fully saturated rings. The lowest BCUT2D eigenvalue weighted by Crippen LogP contribution is -2.55. The average Bonchev–Trinajstić information content (AvgIpc) is 2.29. The number of rotatable bonds is 2. The molecule has 2 heterocycles. The summed E-state index contributed by atoms with van der Waals surface area (Å²) >= 11 is 0. The van der Waals surface area contributed by atoms with Crippen LogP contribution >= 0.6 is 0 Å². The fourth-order valence-electron chi connectivity index (χ4n) is 2.76. The van der Waals surface area contributed by atoms with Crippen molar-refractivity contribution >= 4 is 10.2 Å². The van der Waals surface area contributed by atoms with Gasteiger partial charge in [-0.2, -0.15) is 17.0 Å². The van der Waals surface area contributed by atoms with Gasteiger partial charge in [0, 0.05) is 25.2 Å². The Balaban J connectivity index is 2.17. The first kappa shape index (κ1) is 13.3. The second-order valence-corrected chi connectivity index (χ2v) is 6.81. The van der Waals surface area contributed by atoms with Crippen molar-refractivity contribution in [2.75, 3.05) is 26.3 Å². The van der Waals surface area contributed by atoms with Crippen LogP contribution in [0.2, 0.25) is 0 Å². The second-order valence-electron chi connectivity index (χ2n) is 4.98. The van der Waals surface area contributed by atoms with Crippen LogP contribution in [-0.2, 0) is 14.9 Å². The third kappa shape index (κ3) is 2.65. The normalized spacial score (nSPS) is 33.8. The maximum atomic E-state index is 12.6. The second kappa shape index (κ2) is 5.22. The fourth-order valence-corrected chi connectivity index (χ4v) is 4.76. The minimum absolute atomic E-state index is 0.117. The smallest absolute Gasteiger partial charge is 0.282 e. The monoisotopic (exact) mass is 262 g/mol. The number of morpholine rings is 1. The van der Waals surface area contributed by atoms with Crippen LogP contribution in [0.4, 0.5) is 0 Å². The minimum Gasteiger partial charge on any atom is -0.379 e. The van der Waals surface area contributed by atoms with Crippen LogP contribution in [0.25, 0.3) is 0 Å². The van der Waals surface area contributed by atoms with E-state index < -0.39 is 10.2 Å². The Morgan fingerprint density at radius 2 is 1.59 bits per heavy atom. The number of hydrogen-bond acceptors (Lipinski definition) is 3. The highest BCUT2D eigenvalue weighted by Gasteiger charge is 2.38. The summed E-state index contributed by atoms with van der Waals surface area (Å²) in [5.41, 5.74) is 0. The molecule has 2 aliphatic rings. The zero-order valence-corrected chi connectivity index (χ0v) is 11.4. The zero-order chi connectivity index (χ0) is 12.5. The van der Waals surface area contributed by atoms with Crippen LogP contribution < -0.4 is 0 Å². The Morgan fingerprint density at radius 1 is 1.06 bits per heavy atom. The van der Waals surface area contributed by atoms with E-state index in [-0.39, 0.29) is 12.1 Å². The van der Waals surface area contributed by atoms with Crippen LogP contribution in [-0.4, -0.2) is 55.4 Å². The van der Waals surface area contributed by atoms with Gasteiger partial charge < -0.3 is 4.74 Å². The third-order valence-corrected chi connectivity index (χ3v) is 5.95. The Morgan fingerprint density at radius 3 is 2.12 bits per heavy atom. The molecule has 100 valence electrons. The van der Waals surface area contributed by atoms with Gasteiger partial charge >= 0.3 is 0 Å². The van der Waals surface area contributed by atoms with Crippen molar-refractivity contribution in [1.29, 1.82) is 0 Å². The molecule has 0 spiro atoms. The van der Waals surface area contributed by atoms with Crippen molar-refractivity contribution in [3.63, 3.8) is 0 Å². The van der Waals surface area contributed by atoms with E-state index in [0.29, 0.717) is 26.3 Å². The molecule has 5 nitrogen and oxygen atoms in total. The molecule has 2 aliphatic heterocycles. The Bertz CT molecular complexity index is 342. The van der Waals surface area contributed by atoms with Gasteiger partial charge in [0.2, 0.25) is 0 Å². The first-order valence-corrected chi connectivity index (χ1v) is 7.79. The Hall–Kier alpha value is -0.170. The van der Waals surface area contributed by atoms with Gasteiger partial charge in [-0.25, -0.2) is 0 Å². The van der Waals surface area contributed by atoms with Crippen LogP contribution in [0, 0.1) is 0 Å². The molecule has 6 heteroatoms. The van der Waals surface area contributed by atoms with Gasteiger partial charge in [-0.3, -0.25) is 0 Å². The molecule has 2 atom stereocenters. The summed E-state index contributed by atoms with van der Waals surface area (Å²) in [6.07, 6.45) is 3.05. The lowest BCUT2D eigenvalue weighted by atomic mass is 10.0. The van der Waals surface area contributed by atoms with E-state index in [1.165, 1.54) is 0 Å². The molecule has 0 aliphatic carbocycles. The molecular weight excluding hydrogens is 240 g/mol. The van der Waals surface area contributed by atoms with Crippen molar-refractivity contribution in [3.05, 3.63) is 0 Å². The molecule has 2 rings (SSSR count). The molecule has 2 unspecified atom stereocenters. The summed E-state index contributed by atoms with van der Waals surface area (Å²) in [7, 11) is -3.30. The van der Waals surface area contributed by atoms with E-state index in [2.05, 4.69) is 0 Å². The summed E-state index contributed by atoms with van der Waals surface area (Å²) in [5.74, 6) is 0. The largest absolute Gasteiger partial charge is 0.379 e. The van der Waals surface area contributed by atoms with Gasteiger partial charge in [0.15, 0.2) is 0 Å². The highest BCUT2D eigenvalue weighted by Crippen LogP contribution is 2.27. The summed E-state index contributed by atoms with van der Waals surface area (Å²) < 4.78 is 33.6. The molecule has 0 N–H and O–H groups in total. The molecule has 0 aromatic heterocycles. The van der Waals surface area contributed by atoms with Gasteiger partial charge in [-0.15, -0.1) is 0 Å². The van der Waals surface area contributed by atoms with E-state index in [1.807, 2.05) is 13.8 Å². The van der Waals surface area contributed by atoms with Gasteiger partial charge in [-0.1, -0.05) is 6.42 Å². The van der Waals surface area contributed by atoms with E-state index in [4.69, 9.17) is 4.74 Å². The van der Waals surface area contributed by atoms with Crippen LogP contribution in [0.1, 0.15) is 33.1 Å². The highest BCUT2D eigenvalue weighted by atomic mass is 32.2. The molecule has 0 saturated carbocycles. The molecule has 2 saturated heterocycles. The maximum absolute atomic E-state index is 12.6. The first-order valence-electron chi connectivity index (χ1n) is 6.40. The van der Waals surface area contributed by atoms with Crippen molar-refractivity contribution in [1.82, 2.24) is 8.61 Å². The van der Waals surface area contributed by atoms with Crippen LogP contribution in [0.15, 0.2) is 0 Å². The standard InChI is InChI=1S/C11H22N2O3S/c1-10-4-3-5-11(2)13(10)17(14,15)12-6-8-16-9-7-12/h10-11H,3-9H2,1-2H3. The SMILES string of the molecule is CC1CCCC(C)N1S(=O)(=O)N1CCOCC1. The van der Waals surface area contributed by atoms with Crippen molar-refractivity contribution in [2.45, 2.75) is 45.2 Å². The van der Waals surface area contributed by atoms with E-state index >= 15 is 0 Å². The first-order chi connectivity index (χ1) is 8.03. The molecular formula is C11H22N2O3S. The fraction of sp³-hybridized carbons (Fsp3) is 1.00. The molecule has 0 bridgehead atoms. The summed E-state index contributed by atoms with van der Waals surface area (Å²) in [5, 5.41) is 0. The molecule has 0 radical (unpaired) electrons. The summed E-state index contributed by atoms with van der Waals surface area (Å²) in [6.45, 7) is 6.00. The lowest BCUT2D eigenvalue weighted by Gasteiger charge is -2.41. The topological polar surface area (TPSA) is 49.9 Å². The van der Waals surface area contributed by atoms with Crippen LogP contribution in [0.5, 0.6) is 0 Å². The number of hydrogen-bond donors (Lipinski definition) is 0. The molecule has 17 heavy (non-hydrogen) atoms. The number of piperidine rings is 1. The molecule has 0 aromatic rings. The number of ether oxygens (including phenoxy) is 1. The van der Waals surface area contributed by atoms with Crippen LogP contribution in [0.3, 0.4) is 0 Å². The van der Waals surface area contributed by atoms with E-state index in [1.54, 1.807) is 8.61 Å². The highest BCUT2D eigenvalue weighted by molar-refractivity contribution is 7.86. The lowest BCUT2D eigenvalue weighted by molar-refractivity contribution is 0.0665. The van der Waals surface area contributed by atoms with Crippen molar-refractivity contribution in [2.24, 2.45) is 0 Å². The minimum atomic E-state index is -3.30. The van der Waals surface area contributed by atoms with E-state index in [0.717, 1.165) is 19.3 Å². The number of nitrogens with zero attached hydrogens (tertiary/aromatic N) is 2. The zero-order valence-electron chi connectivity index (χ0n) is 10.6. The van der Waals surface area contributed by atoms with E-state index in [9.17, 15) is 8.42 Å². The molecule has 0 aromatic carbocycles. The Labute approximate surface area is 104 Å². The van der Waals surface area contributed by atoms with Gasteiger partial charge in [-0.05, 0) is 26.7 Å². The predicted molar refractivity (Wildman–Crippen MR) is 65.9 cm³/mol.